The minimum absolute atomic E-state index is 0.0675. The van der Waals surface area contributed by atoms with Crippen LogP contribution in [0.5, 0.6) is 0 Å². The van der Waals surface area contributed by atoms with Crippen molar-refractivity contribution in [3.63, 3.8) is 0 Å². The Morgan fingerprint density at radius 1 is 1.33 bits per heavy atom. The summed E-state index contributed by atoms with van der Waals surface area (Å²) in [4.78, 5) is 26.9. The number of aryl methyl sites for hydroxylation is 1. The van der Waals surface area contributed by atoms with Gasteiger partial charge in [-0.3, -0.25) is 10.1 Å². The van der Waals surface area contributed by atoms with Crippen LogP contribution >= 0.6 is 0 Å². The summed E-state index contributed by atoms with van der Waals surface area (Å²) < 4.78 is 5.10. The molecule has 5 heteroatoms. The molecule has 0 aliphatic rings. The van der Waals surface area contributed by atoms with Crippen molar-refractivity contribution in [2.45, 2.75) is 40.2 Å². The lowest BCUT2D eigenvalue weighted by atomic mass is 10.1. The number of Topliss-reactive ketones (excluding diaryl/α,β-unsaturated/α-hetero) is 1. The van der Waals surface area contributed by atoms with E-state index in [1.807, 2.05) is 0 Å². The molecule has 0 spiro atoms. The Kier molecular flexibility index (Phi) is 4.06. The zero-order valence-electron chi connectivity index (χ0n) is 11.3. The number of ketones is 1. The van der Waals surface area contributed by atoms with Crippen LogP contribution in [0, 0.1) is 6.92 Å². The van der Waals surface area contributed by atoms with Gasteiger partial charge in [0.2, 0.25) is 0 Å². The van der Waals surface area contributed by atoms with Crippen molar-refractivity contribution in [3.8, 4) is 0 Å². The van der Waals surface area contributed by atoms with Crippen LogP contribution in [-0.4, -0.2) is 22.5 Å². The average Bonchev–Trinajstić information content (AvgIpc) is 2.17. The monoisotopic (exact) mass is 250 g/mol. The number of ether oxygens (including phenoxy) is 1. The summed E-state index contributed by atoms with van der Waals surface area (Å²) >= 11 is 0. The number of hydrogen-bond donors (Lipinski definition) is 1. The second-order valence-corrected chi connectivity index (χ2v) is 5.07. The van der Waals surface area contributed by atoms with Crippen molar-refractivity contribution < 1.29 is 14.3 Å². The zero-order chi connectivity index (χ0) is 13.9. The van der Waals surface area contributed by atoms with Crippen LogP contribution in [0.2, 0.25) is 0 Å². The highest BCUT2D eigenvalue weighted by Gasteiger charge is 2.17. The molecule has 0 fully saturated rings. The largest absolute Gasteiger partial charge is 0.444 e. The van der Waals surface area contributed by atoms with Crippen molar-refractivity contribution in [1.29, 1.82) is 0 Å². The van der Waals surface area contributed by atoms with Gasteiger partial charge in [-0.1, -0.05) is 0 Å². The van der Waals surface area contributed by atoms with Crippen molar-refractivity contribution in [2.75, 3.05) is 5.32 Å². The Morgan fingerprint density at radius 3 is 2.44 bits per heavy atom. The van der Waals surface area contributed by atoms with E-state index in [2.05, 4.69) is 10.3 Å². The average molecular weight is 250 g/mol. The maximum Gasteiger partial charge on any atom is 0.413 e. The molecule has 0 radical (unpaired) electrons. The lowest BCUT2D eigenvalue weighted by molar-refractivity contribution is 0.0635. The molecule has 0 aliphatic carbocycles. The molecule has 1 aromatic rings. The van der Waals surface area contributed by atoms with Crippen LogP contribution in [0.4, 0.5) is 10.6 Å². The quantitative estimate of drug-likeness (QED) is 0.819. The zero-order valence-corrected chi connectivity index (χ0v) is 11.3. The molecule has 98 valence electrons. The molecule has 0 aliphatic heterocycles. The summed E-state index contributed by atoms with van der Waals surface area (Å²) in [5.74, 6) is 0.238. The van der Waals surface area contributed by atoms with Gasteiger partial charge in [0.05, 0.1) is 0 Å². The van der Waals surface area contributed by atoms with Crippen LogP contribution < -0.4 is 5.32 Å². The van der Waals surface area contributed by atoms with E-state index in [-0.39, 0.29) is 5.78 Å². The molecule has 0 atom stereocenters. The third-order valence-corrected chi connectivity index (χ3v) is 2.11. The van der Waals surface area contributed by atoms with Gasteiger partial charge in [-0.2, -0.15) is 0 Å². The predicted octanol–water partition coefficient (Wildman–Crippen LogP) is 2.94. The topological polar surface area (TPSA) is 68.3 Å². The normalized spacial score (nSPS) is 10.9. The first kappa shape index (κ1) is 14.2. The van der Waals surface area contributed by atoms with Gasteiger partial charge in [-0.05, 0) is 46.2 Å². The summed E-state index contributed by atoms with van der Waals surface area (Å²) in [7, 11) is 0. The molecule has 0 bridgehead atoms. The van der Waals surface area contributed by atoms with E-state index in [4.69, 9.17) is 4.74 Å². The number of nitrogens with zero attached hydrogens (tertiary/aromatic N) is 1. The molecule has 0 aromatic carbocycles. The number of rotatable bonds is 2. The third-order valence-electron chi connectivity index (χ3n) is 2.11. The lowest BCUT2D eigenvalue weighted by Crippen LogP contribution is -2.27. The standard InChI is InChI=1S/C13H18N2O3/c1-8-7-14-11(6-10(8)9(2)16)15-12(17)18-13(3,4)5/h6-7H,1-5H3,(H,14,15,17). The fourth-order valence-electron chi connectivity index (χ4n) is 1.38. The Bertz CT molecular complexity index is 476. The molecule has 5 nitrogen and oxygen atoms in total. The third kappa shape index (κ3) is 4.16. The van der Waals surface area contributed by atoms with Crippen LogP contribution in [0.1, 0.15) is 43.6 Å². The van der Waals surface area contributed by atoms with Gasteiger partial charge in [-0.15, -0.1) is 0 Å². The summed E-state index contributed by atoms with van der Waals surface area (Å²) in [6, 6.07) is 1.54. The SMILES string of the molecule is CC(=O)c1cc(NC(=O)OC(C)(C)C)ncc1C. The predicted molar refractivity (Wildman–Crippen MR) is 68.8 cm³/mol. The number of amides is 1. The molecular formula is C13H18N2O3. The molecule has 0 saturated heterocycles. The molecule has 1 heterocycles. The summed E-state index contributed by atoms with van der Waals surface area (Å²) in [6.45, 7) is 8.59. The van der Waals surface area contributed by atoms with Gasteiger partial charge in [-0.25, -0.2) is 9.78 Å². The summed E-state index contributed by atoms with van der Waals surface area (Å²) in [5.41, 5.74) is 0.742. The van der Waals surface area contributed by atoms with E-state index < -0.39 is 11.7 Å². The van der Waals surface area contributed by atoms with Crippen LogP contribution in [-0.2, 0) is 4.74 Å². The number of carbonyl (C=O) groups is 2. The number of hydrogen-bond acceptors (Lipinski definition) is 4. The smallest absolute Gasteiger partial charge is 0.413 e. The number of nitrogens with one attached hydrogen (secondary N) is 1. The van der Waals surface area contributed by atoms with E-state index >= 15 is 0 Å². The Morgan fingerprint density at radius 2 is 1.94 bits per heavy atom. The highest BCUT2D eigenvalue weighted by atomic mass is 16.6. The van der Waals surface area contributed by atoms with Crippen molar-refractivity contribution in [3.05, 3.63) is 23.4 Å². The van der Waals surface area contributed by atoms with Crippen LogP contribution in [0.25, 0.3) is 0 Å². The van der Waals surface area contributed by atoms with Crippen LogP contribution in [0.3, 0.4) is 0 Å². The summed E-state index contributed by atoms with van der Waals surface area (Å²) in [6.07, 6.45) is 0.956. The highest BCUT2D eigenvalue weighted by molar-refractivity contribution is 5.96. The maximum atomic E-state index is 11.5. The van der Waals surface area contributed by atoms with Gasteiger partial charge >= 0.3 is 6.09 Å². The maximum absolute atomic E-state index is 11.5. The Hall–Kier alpha value is -1.91. The highest BCUT2D eigenvalue weighted by Crippen LogP contribution is 2.14. The minimum atomic E-state index is -0.589. The minimum Gasteiger partial charge on any atom is -0.444 e. The molecule has 1 rings (SSSR count). The van der Waals surface area contributed by atoms with Gasteiger partial charge < -0.3 is 4.74 Å². The Balaban J connectivity index is 2.83. The van der Waals surface area contributed by atoms with Crippen LogP contribution in [0.15, 0.2) is 12.3 Å². The van der Waals surface area contributed by atoms with Crippen molar-refractivity contribution in [1.82, 2.24) is 4.98 Å². The van der Waals surface area contributed by atoms with E-state index in [1.54, 1.807) is 40.0 Å². The van der Waals surface area contributed by atoms with Crippen molar-refractivity contribution in [2.24, 2.45) is 0 Å². The van der Waals surface area contributed by atoms with E-state index in [0.29, 0.717) is 11.4 Å². The second kappa shape index (κ2) is 5.16. The first-order valence-corrected chi connectivity index (χ1v) is 5.66. The molecule has 0 unspecified atom stereocenters. The van der Waals surface area contributed by atoms with Gasteiger partial charge in [0.1, 0.15) is 11.4 Å². The van der Waals surface area contributed by atoms with Gasteiger partial charge in [0.15, 0.2) is 5.78 Å². The van der Waals surface area contributed by atoms with E-state index in [1.165, 1.54) is 6.92 Å². The van der Waals surface area contributed by atoms with E-state index in [9.17, 15) is 9.59 Å². The molecule has 0 saturated carbocycles. The van der Waals surface area contributed by atoms with Crippen molar-refractivity contribution >= 4 is 17.7 Å². The summed E-state index contributed by atoms with van der Waals surface area (Å²) in [5, 5.41) is 2.50. The second-order valence-electron chi connectivity index (χ2n) is 5.07. The molecular weight excluding hydrogens is 232 g/mol. The lowest BCUT2D eigenvalue weighted by Gasteiger charge is -2.19. The molecule has 1 N–H and O–H groups in total. The fourth-order valence-corrected chi connectivity index (χ4v) is 1.38. The number of aromatic nitrogens is 1. The number of pyridine rings is 1. The number of anilines is 1. The fraction of sp³-hybridized carbons (Fsp3) is 0.462. The first-order chi connectivity index (χ1) is 8.19. The molecule has 1 amide bonds. The first-order valence-electron chi connectivity index (χ1n) is 5.66. The van der Waals surface area contributed by atoms with Gasteiger partial charge in [0, 0.05) is 11.8 Å². The molecule has 18 heavy (non-hydrogen) atoms. The molecule has 1 aromatic heterocycles. The Labute approximate surface area is 107 Å². The van der Waals surface area contributed by atoms with E-state index in [0.717, 1.165) is 5.56 Å². The van der Waals surface area contributed by atoms with Gasteiger partial charge in [0.25, 0.3) is 0 Å². The number of carbonyl (C=O) groups excluding carboxylic acids is 2.